The zero-order valence-electron chi connectivity index (χ0n) is 19.9. The van der Waals surface area contributed by atoms with Crippen LogP contribution >= 0.6 is 23.1 Å². The third-order valence-corrected chi connectivity index (χ3v) is 8.01. The first-order valence-electron chi connectivity index (χ1n) is 11.3. The van der Waals surface area contributed by atoms with E-state index in [2.05, 4.69) is 46.8 Å². The number of hydrogen-bond acceptors (Lipinski definition) is 5. The molecule has 0 aliphatic rings. The van der Waals surface area contributed by atoms with Crippen molar-refractivity contribution in [2.45, 2.75) is 52.6 Å². The fraction of sp³-hybridized carbons (Fsp3) is 0.333. The molecule has 0 fully saturated rings. The molecule has 2 aromatic carbocycles. The number of thioether (sulfide) groups is 1. The molecule has 4 nitrogen and oxygen atoms in total. The number of aryl methyl sites for hydroxylation is 5. The third kappa shape index (κ3) is 5.02. The maximum atomic E-state index is 13.8. The second-order valence-electron chi connectivity index (χ2n) is 8.39. The molecule has 4 rings (SSSR count). The lowest BCUT2D eigenvalue weighted by atomic mass is 10.1. The van der Waals surface area contributed by atoms with Crippen molar-refractivity contribution >= 4 is 33.3 Å². The van der Waals surface area contributed by atoms with Gasteiger partial charge in [0.2, 0.25) is 0 Å². The highest BCUT2D eigenvalue weighted by Gasteiger charge is 2.19. The molecule has 33 heavy (non-hydrogen) atoms. The molecule has 0 saturated carbocycles. The van der Waals surface area contributed by atoms with Crippen molar-refractivity contribution in [2.24, 2.45) is 0 Å². The second kappa shape index (κ2) is 10.1. The van der Waals surface area contributed by atoms with Gasteiger partial charge >= 0.3 is 0 Å². The maximum Gasteiger partial charge on any atom is 0.267 e. The molecule has 6 heteroatoms. The average Bonchev–Trinajstić information content (AvgIpc) is 3.10. The van der Waals surface area contributed by atoms with E-state index in [9.17, 15) is 4.79 Å². The van der Waals surface area contributed by atoms with E-state index in [-0.39, 0.29) is 5.56 Å². The quantitative estimate of drug-likeness (QED) is 0.159. The van der Waals surface area contributed by atoms with Gasteiger partial charge in [-0.2, -0.15) is 0 Å². The number of hydrogen-bond donors (Lipinski definition) is 0. The topological polar surface area (TPSA) is 44.1 Å². The lowest BCUT2D eigenvalue weighted by Crippen LogP contribution is -2.22. The van der Waals surface area contributed by atoms with Crippen LogP contribution in [0.2, 0.25) is 0 Å². The van der Waals surface area contributed by atoms with Gasteiger partial charge in [-0.25, -0.2) is 4.98 Å². The Labute approximate surface area is 203 Å². The standard InChI is InChI=1S/C27H30N2O2S2/c1-6-7-23-20(5)24-25(33-23)28-27(32-15-14-31-22-12-8-17(2)9-13-22)29(26(24)30)21-11-10-18(3)19(4)16-21/h8-13,16H,6-7,14-15H2,1-5H3. The number of nitrogens with zero attached hydrogens (tertiary/aromatic N) is 2. The van der Waals surface area contributed by atoms with Gasteiger partial charge in [0.1, 0.15) is 10.6 Å². The highest BCUT2D eigenvalue weighted by atomic mass is 32.2. The van der Waals surface area contributed by atoms with Crippen LogP contribution < -0.4 is 10.3 Å². The van der Waals surface area contributed by atoms with Crippen molar-refractivity contribution in [2.75, 3.05) is 12.4 Å². The maximum absolute atomic E-state index is 13.8. The number of rotatable bonds is 8. The molecule has 0 radical (unpaired) electrons. The van der Waals surface area contributed by atoms with Gasteiger partial charge in [0, 0.05) is 10.6 Å². The molecule has 0 unspecified atom stereocenters. The van der Waals surface area contributed by atoms with Gasteiger partial charge in [-0.1, -0.05) is 48.9 Å². The SMILES string of the molecule is CCCc1sc2nc(SCCOc3ccc(C)cc3)n(-c3ccc(C)c(C)c3)c(=O)c2c1C. The van der Waals surface area contributed by atoms with Crippen LogP contribution in [0.3, 0.4) is 0 Å². The molecule has 0 atom stereocenters. The summed E-state index contributed by atoms with van der Waals surface area (Å²) in [6, 6.07) is 14.2. The number of ether oxygens (including phenoxy) is 1. The highest BCUT2D eigenvalue weighted by Crippen LogP contribution is 2.31. The lowest BCUT2D eigenvalue weighted by Gasteiger charge is -2.14. The molecule has 0 saturated heterocycles. The summed E-state index contributed by atoms with van der Waals surface area (Å²) in [4.78, 5) is 20.8. The molecule has 0 aliphatic heterocycles. The van der Waals surface area contributed by atoms with Crippen LogP contribution in [0, 0.1) is 27.7 Å². The smallest absolute Gasteiger partial charge is 0.267 e. The van der Waals surface area contributed by atoms with Crippen LogP contribution in [-0.2, 0) is 6.42 Å². The molecule has 2 heterocycles. The summed E-state index contributed by atoms with van der Waals surface area (Å²) in [5.41, 5.74) is 5.53. The van der Waals surface area contributed by atoms with Gasteiger partial charge in [0.15, 0.2) is 5.16 Å². The Morgan fingerprint density at radius 2 is 1.79 bits per heavy atom. The molecular weight excluding hydrogens is 448 g/mol. The van der Waals surface area contributed by atoms with Gasteiger partial charge < -0.3 is 4.74 Å². The molecule has 0 spiro atoms. The van der Waals surface area contributed by atoms with Crippen LogP contribution in [0.4, 0.5) is 0 Å². The van der Waals surface area contributed by atoms with Crippen molar-refractivity contribution in [1.82, 2.24) is 9.55 Å². The summed E-state index contributed by atoms with van der Waals surface area (Å²) in [7, 11) is 0. The number of benzene rings is 2. The first-order chi connectivity index (χ1) is 15.9. The minimum absolute atomic E-state index is 0.0151. The predicted molar refractivity (Wildman–Crippen MR) is 141 cm³/mol. The first kappa shape index (κ1) is 23.6. The lowest BCUT2D eigenvalue weighted by molar-refractivity contribution is 0.344. The predicted octanol–water partition coefficient (Wildman–Crippen LogP) is 6.80. The normalized spacial score (nSPS) is 11.3. The summed E-state index contributed by atoms with van der Waals surface area (Å²) in [6.45, 7) is 11.0. The fourth-order valence-electron chi connectivity index (χ4n) is 3.79. The van der Waals surface area contributed by atoms with Gasteiger partial charge in [-0.3, -0.25) is 9.36 Å². The van der Waals surface area contributed by atoms with Crippen LogP contribution in [-0.4, -0.2) is 21.9 Å². The summed E-state index contributed by atoms with van der Waals surface area (Å²) in [5, 5.41) is 1.47. The fourth-order valence-corrected chi connectivity index (χ4v) is 5.94. The van der Waals surface area contributed by atoms with Gasteiger partial charge in [-0.15, -0.1) is 11.3 Å². The van der Waals surface area contributed by atoms with Crippen molar-refractivity contribution < 1.29 is 4.74 Å². The highest BCUT2D eigenvalue weighted by molar-refractivity contribution is 7.99. The Bertz CT molecular complexity index is 1340. The summed E-state index contributed by atoms with van der Waals surface area (Å²) < 4.78 is 7.68. The number of thiophene rings is 1. The van der Waals surface area contributed by atoms with Crippen LogP contribution in [0.1, 0.15) is 40.5 Å². The number of aromatic nitrogens is 2. The minimum atomic E-state index is 0.0151. The summed E-state index contributed by atoms with van der Waals surface area (Å²) in [6.07, 6.45) is 2.03. The zero-order valence-corrected chi connectivity index (χ0v) is 21.5. The molecule has 0 amide bonds. The van der Waals surface area contributed by atoms with E-state index >= 15 is 0 Å². The van der Waals surface area contributed by atoms with Crippen molar-refractivity contribution in [3.63, 3.8) is 0 Å². The van der Waals surface area contributed by atoms with Gasteiger partial charge in [-0.05, 0) is 75.1 Å². The molecular formula is C27H30N2O2S2. The molecule has 0 aliphatic carbocycles. The first-order valence-corrected chi connectivity index (χ1v) is 13.1. The average molecular weight is 479 g/mol. The molecule has 172 valence electrons. The van der Waals surface area contributed by atoms with E-state index in [1.165, 1.54) is 16.0 Å². The Balaban J connectivity index is 1.70. The zero-order chi connectivity index (χ0) is 23.5. The van der Waals surface area contributed by atoms with Crippen molar-refractivity contribution in [3.8, 4) is 11.4 Å². The third-order valence-electron chi connectivity index (χ3n) is 5.86. The van der Waals surface area contributed by atoms with E-state index in [0.29, 0.717) is 17.5 Å². The molecule has 0 bridgehead atoms. The Hall–Kier alpha value is -2.57. The van der Waals surface area contributed by atoms with Gasteiger partial charge in [0.25, 0.3) is 5.56 Å². The minimum Gasteiger partial charge on any atom is -0.493 e. The van der Waals surface area contributed by atoms with E-state index < -0.39 is 0 Å². The summed E-state index contributed by atoms with van der Waals surface area (Å²) in [5.74, 6) is 1.55. The largest absolute Gasteiger partial charge is 0.493 e. The van der Waals surface area contributed by atoms with E-state index in [0.717, 1.165) is 45.6 Å². The van der Waals surface area contributed by atoms with Gasteiger partial charge in [0.05, 0.1) is 17.7 Å². The Morgan fingerprint density at radius 3 is 2.48 bits per heavy atom. The van der Waals surface area contributed by atoms with E-state index in [1.807, 2.05) is 30.3 Å². The van der Waals surface area contributed by atoms with Crippen molar-refractivity contribution in [3.05, 3.63) is 79.9 Å². The monoisotopic (exact) mass is 478 g/mol. The van der Waals surface area contributed by atoms with E-state index in [1.54, 1.807) is 27.7 Å². The molecule has 2 aromatic heterocycles. The van der Waals surface area contributed by atoms with Crippen molar-refractivity contribution in [1.29, 1.82) is 0 Å². The van der Waals surface area contributed by atoms with Crippen LogP contribution in [0.25, 0.3) is 15.9 Å². The van der Waals surface area contributed by atoms with E-state index in [4.69, 9.17) is 9.72 Å². The second-order valence-corrected chi connectivity index (χ2v) is 10.5. The Morgan fingerprint density at radius 1 is 1.03 bits per heavy atom. The summed E-state index contributed by atoms with van der Waals surface area (Å²) >= 11 is 3.22. The Kier molecular flexibility index (Phi) is 7.25. The number of fused-ring (bicyclic) bond motifs is 1. The van der Waals surface area contributed by atoms with Crippen LogP contribution in [0.5, 0.6) is 5.75 Å². The van der Waals surface area contributed by atoms with Crippen LogP contribution in [0.15, 0.2) is 52.4 Å². The molecule has 0 N–H and O–H groups in total. The molecule has 4 aromatic rings.